The SMILES string of the molecule is CCCCCCCC/C=C\CCCCCCCC(=O)NC(CO[PH](O)(O)O)Cc1ccc(OCCC(C)C)cc1. The van der Waals surface area contributed by atoms with Gasteiger partial charge in [-0.3, -0.25) is 0 Å². The van der Waals surface area contributed by atoms with Gasteiger partial charge in [-0.1, -0.05) is 65.0 Å². The van der Waals surface area contributed by atoms with Crippen LogP contribution in [0.3, 0.4) is 0 Å². The summed E-state index contributed by atoms with van der Waals surface area (Å²) in [6.07, 6.45) is 22.2. The summed E-state index contributed by atoms with van der Waals surface area (Å²) < 4.78 is 10.6. The summed E-state index contributed by atoms with van der Waals surface area (Å²) in [5, 5.41) is 2.93. The van der Waals surface area contributed by atoms with E-state index in [0.717, 1.165) is 43.4 Å². The zero-order valence-electron chi connectivity index (χ0n) is 25.4. The first-order chi connectivity index (χ1) is 19.2. The molecule has 0 radical (unpaired) electrons. The van der Waals surface area contributed by atoms with E-state index in [1.165, 1.54) is 57.8 Å². The van der Waals surface area contributed by atoms with E-state index in [1.54, 1.807) is 0 Å². The van der Waals surface area contributed by atoms with Gasteiger partial charge in [0, 0.05) is 0 Å². The summed E-state index contributed by atoms with van der Waals surface area (Å²) in [7, 11) is -4.66. The summed E-state index contributed by atoms with van der Waals surface area (Å²) in [6, 6.07) is 7.15. The standard InChI is InChI=1S/C32H58NO6P/c1-4-5-6-7-8-9-10-11-12-13-14-15-16-17-18-19-32(34)33-30(27-39-40(35,36)37)26-29-20-22-31(23-21-29)38-25-24-28(2)3/h11-12,20-23,28,30,35-37,40H,4-10,13-19,24-27H2,1-3H3,(H,33,34)/b12-11-. The molecule has 0 aliphatic heterocycles. The Morgan fingerprint density at radius 2 is 1.45 bits per heavy atom. The van der Waals surface area contributed by atoms with Crippen LogP contribution in [0.5, 0.6) is 5.75 Å². The number of hydrogen-bond donors (Lipinski definition) is 4. The van der Waals surface area contributed by atoms with Gasteiger partial charge in [0.1, 0.15) is 0 Å². The zero-order chi connectivity index (χ0) is 29.5. The van der Waals surface area contributed by atoms with E-state index < -0.39 is 14.2 Å². The van der Waals surface area contributed by atoms with Gasteiger partial charge < -0.3 is 0 Å². The molecule has 232 valence electrons. The molecule has 4 N–H and O–H groups in total. The number of carbonyl (C=O) groups is 1. The van der Waals surface area contributed by atoms with Crippen molar-refractivity contribution < 1.29 is 28.7 Å². The second kappa shape index (κ2) is 23.1. The Bertz CT molecular complexity index is 779. The van der Waals surface area contributed by atoms with Crippen LogP contribution in [0.2, 0.25) is 0 Å². The molecule has 1 unspecified atom stereocenters. The van der Waals surface area contributed by atoms with Crippen LogP contribution in [0.4, 0.5) is 0 Å². The summed E-state index contributed by atoms with van der Waals surface area (Å²) in [4.78, 5) is 40.4. The summed E-state index contributed by atoms with van der Waals surface area (Å²) in [5.74, 6) is 1.27. The molecule has 0 aliphatic carbocycles. The van der Waals surface area contributed by atoms with Crippen molar-refractivity contribution in [3.63, 3.8) is 0 Å². The zero-order valence-corrected chi connectivity index (χ0v) is 26.4. The van der Waals surface area contributed by atoms with Crippen molar-refractivity contribution >= 4 is 14.1 Å². The van der Waals surface area contributed by atoms with Crippen molar-refractivity contribution in [3.8, 4) is 5.75 Å². The van der Waals surface area contributed by atoms with Gasteiger partial charge in [0.05, 0.1) is 0 Å². The molecular formula is C32H58NO6P. The number of unbranched alkanes of at least 4 members (excludes halogenated alkanes) is 11. The van der Waals surface area contributed by atoms with Gasteiger partial charge in [0.25, 0.3) is 0 Å². The number of carbonyl (C=O) groups excluding carboxylic acids is 1. The Kier molecular flexibility index (Phi) is 21.1. The van der Waals surface area contributed by atoms with E-state index in [1.807, 2.05) is 24.3 Å². The minimum absolute atomic E-state index is 0.0963. The van der Waals surface area contributed by atoms with Crippen molar-refractivity contribution in [2.45, 2.75) is 130 Å². The normalized spacial score (nSPS) is 13.2. The van der Waals surface area contributed by atoms with Crippen LogP contribution in [0.25, 0.3) is 0 Å². The number of allylic oxidation sites excluding steroid dienone is 2. The fourth-order valence-electron chi connectivity index (χ4n) is 4.44. The number of amides is 1. The van der Waals surface area contributed by atoms with Crippen LogP contribution in [0, 0.1) is 5.92 Å². The van der Waals surface area contributed by atoms with E-state index in [-0.39, 0.29) is 12.5 Å². The molecule has 7 nitrogen and oxygen atoms in total. The Hall–Kier alpha value is -1.50. The van der Waals surface area contributed by atoms with Crippen LogP contribution in [0.1, 0.15) is 123 Å². The minimum atomic E-state index is -4.66. The Balaban J connectivity index is 2.27. The first-order valence-corrected chi connectivity index (χ1v) is 17.4. The molecule has 1 aromatic carbocycles. The van der Waals surface area contributed by atoms with Gasteiger partial charge in [-0.15, -0.1) is 0 Å². The molecule has 0 saturated heterocycles. The molecule has 8 heteroatoms. The van der Waals surface area contributed by atoms with Gasteiger partial charge in [0.2, 0.25) is 0 Å². The number of ether oxygens (including phenoxy) is 1. The number of nitrogens with one attached hydrogen (secondary N) is 1. The van der Waals surface area contributed by atoms with Crippen LogP contribution in [-0.4, -0.2) is 39.8 Å². The van der Waals surface area contributed by atoms with Crippen molar-refractivity contribution in [1.29, 1.82) is 0 Å². The number of benzene rings is 1. The second-order valence-corrected chi connectivity index (χ2v) is 12.8. The third-order valence-electron chi connectivity index (χ3n) is 6.88. The second-order valence-electron chi connectivity index (χ2n) is 11.4. The van der Waals surface area contributed by atoms with Gasteiger partial charge >= 0.3 is 167 Å². The predicted molar refractivity (Wildman–Crippen MR) is 167 cm³/mol. The first kappa shape index (κ1) is 36.5. The molecule has 1 rings (SSSR count). The molecule has 40 heavy (non-hydrogen) atoms. The van der Waals surface area contributed by atoms with Crippen LogP contribution >= 0.6 is 8.17 Å². The molecule has 0 spiro atoms. The topological polar surface area (TPSA) is 108 Å². The van der Waals surface area contributed by atoms with Gasteiger partial charge in [-0.2, -0.15) is 0 Å². The molecule has 0 aliphatic rings. The third kappa shape index (κ3) is 22.2. The van der Waals surface area contributed by atoms with Gasteiger partial charge in [-0.25, -0.2) is 0 Å². The van der Waals surface area contributed by atoms with E-state index in [2.05, 4.69) is 38.2 Å². The molecule has 1 aromatic rings. The summed E-state index contributed by atoms with van der Waals surface area (Å²) in [5.41, 5.74) is 0.951. The van der Waals surface area contributed by atoms with E-state index in [4.69, 9.17) is 9.26 Å². The summed E-state index contributed by atoms with van der Waals surface area (Å²) in [6.45, 7) is 7.05. The van der Waals surface area contributed by atoms with E-state index in [0.29, 0.717) is 25.4 Å². The molecule has 0 fully saturated rings. The summed E-state index contributed by atoms with van der Waals surface area (Å²) >= 11 is 0. The number of rotatable bonds is 25. The molecule has 1 amide bonds. The van der Waals surface area contributed by atoms with Crippen LogP contribution in [0.15, 0.2) is 36.4 Å². The van der Waals surface area contributed by atoms with Crippen molar-refractivity contribution in [3.05, 3.63) is 42.0 Å². The van der Waals surface area contributed by atoms with Crippen LogP contribution < -0.4 is 10.1 Å². The fraction of sp³-hybridized carbons (Fsp3) is 0.719. The monoisotopic (exact) mass is 583 g/mol. The molecule has 0 saturated carbocycles. The van der Waals surface area contributed by atoms with Gasteiger partial charge in [-0.05, 0) is 12.8 Å². The van der Waals surface area contributed by atoms with Crippen LogP contribution in [-0.2, 0) is 15.7 Å². The predicted octanol–water partition coefficient (Wildman–Crippen LogP) is 7.58. The van der Waals surface area contributed by atoms with Gasteiger partial charge in [0.15, 0.2) is 0 Å². The molecule has 1 atom stereocenters. The average Bonchev–Trinajstić information content (AvgIpc) is 2.90. The van der Waals surface area contributed by atoms with Crippen molar-refractivity contribution in [1.82, 2.24) is 5.32 Å². The van der Waals surface area contributed by atoms with E-state index in [9.17, 15) is 19.5 Å². The quantitative estimate of drug-likeness (QED) is 0.0537. The number of hydrogen-bond acceptors (Lipinski definition) is 6. The fourth-order valence-corrected chi connectivity index (χ4v) is 4.86. The first-order valence-electron chi connectivity index (χ1n) is 15.7. The third-order valence-corrected chi connectivity index (χ3v) is 7.43. The van der Waals surface area contributed by atoms with Crippen molar-refractivity contribution in [2.75, 3.05) is 13.2 Å². The molecule has 0 bridgehead atoms. The maximum absolute atomic E-state index is 12.6. The molecule has 0 aromatic heterocycles. The average molecular weight is 584 g/mol. The molecule has 0 heterocycles. The Morgan fingerprint density at radius 3 is 2.02 bits per heavy atom. The Morgan fingerprint density at radius 1 is 0.875 bits per heavy atom. The Labute approximate surface area is 244 Å². The molecular weight excluding hydrogens is 525 g/mol. The van der Waals surface area contributed by atoms with E-state index >= 15 is 0 Å². The maximum atomic E-state index is 12.6. The van der Waals surface area contributed by atoms with Crippen molar-refractivity contribution in [2.24, 2.45) is 5.92 Å².